The van der Waals surface area contributed by atoms with E-state index >= 15 is 0 Å². The van der Waals surface area contributed by atoms with Crippen LogP contribution in [0.15, 0.2) is 39.9 Å². The number of methoxy groups -OCH3 is 1. The van der Waals surface area contributed by atoms with Gasteiger partial charge in [0.25, 0.3) is 5.56 Å². The second-order valence-corrected chi connectivity index (χ2v) is 6.11. The number of aryl methyl sites for hydroxylation is 2. The minimum Gasteiger partial charge on any atom is -0.497 e. The van der Waals surface area contributed by atoms with Gasteiger partial charge in [0.05, 0.1) is 35.9 Å². The van der Waals surface area contributed by atoms with Crippen LogP contribution in [-0.2, 0) is 4.74 Å². The number of nitrogens with one attached hydrogen (secondary N) is 1. The van der Waals surface area contributed by atoms with Crippen molar-refractivity contribution in [2.75, 3.05) is 13.7 Å². The van der Waals surface area contributed by atoms with Crippen molar-refractivity contribution in [2.45, 2.75) is 20.8 Å². The third kappa shape index (κ3) is 3.12. The maximum absolute atomic E-state index is 13.1. The summed E-state index contributed by atoms with van der Waals surface area (Å²) in [4.78, 5) is 40.7. The zero-order chi connectivity index (χ0) is 19.7. The molecule has 7 nitrogen and oxygen atoms in total. The van der Waals surface area contributed by atoms with Crippen molar-refractivity contribution in [2.24, 2.45) is 0 Å². The summed E-state index contributed by atoms with van der Waals surface area (Å²) < 4.78 is 11.3. The number of carbonyl (C=O) groups excluding carboxylic acids is 1. The zero-order valence-electron chi connectivity index (χ0n) is 15.6. The summed E-state index contributed by atoms with van der Waals surface area (Å²) in [6.45, 7) is 5.38. The second-order valence-electron chi connectivity index (χ2n) is 6.11. The largest absolute Gasteiger partial charge is 0.497 e. The van der Waals surface area contributed by atoms with Gasteiger partial charge in [-0.15, -0.1) is 0 Å². The highest BCUT2D eigenvalue weighted by Gasteiger charge is 2.20. The SMILES string of the molecule is CCOC(=O)c1c(C)cc2[nH]c(=O)n(-c3ccc(OC)cc3)c(=O)c2c1C. The van der Waals surface area contributed by atoms with Gasteiger partial charge in [0.1, 0.15) is 5.75 Å². The molecular formula is C20H20N2O5. The van der Waals surface area contributed by atoms with E-state index in [1.807, 2.05) is 0 Å². The Morgan fingerprint density at radius 3 is 2.41 bits per heavy atom. The van der Waals surface area contributed by atoms with Crippen LogP contribution in [-0.4, -0.2) is 29.2 Å². The third-order valence-corrected chi connectivity index (χ3v) is 4.45. The summed E-state index contributed by atoms with van der Waals surface area (Å²) in [7, 11) is 1.53. The molecule has 0 fully saturated rings. The maximum Gasteiger partial charge on any atom is 0.338 e. The second kappa shape index (κ2) is 7.11. The van der Waals surface area contributed by atoms with Crippen LogP contribution in [0.1, 0.15) is 28.4 Å². The Morgan fingerprint density at radius 1 is 1.15 bits per heavy atom. The predicted octanol–water partition coefficient (Wildman–Crippen LogP) is 2.48. The standard InChI is InChI=1S/C20H20N2O5/c1-5-27-19(24)16-11(2)10-15-17(12(16)3)18(23)22(20(25)21-15)13-6-8-14(26-4)9-7-13/h6-10H,5H2,1-4H3,(H,21,25). The number of esters is 1. The molecule has 0 saturated heterocycles. The van der Waals surface area contributed by atoms with Gasteiger partial charge in [-0.25, -0.2) is 14.2 Å². The number of hydrogen-bond acceptors (Lipinski definition) is 5. The van der Waals surface area contributed by atoms with E-state index in [1.165, 1.54) is 7.11 Å². The van der Waals surface area contributed by atoms with Gasteiger partial charge in [0.2, 0.25) is 0 Å². The number of aromatic amines is 1. The van der Waals surface area contributed by atoms with Gasteiger partial charge in [-0.1, -0.05) is 0 Å². The van der Waals surface area contributed by atoms with E-state index in [1.54, 1.807) is 51.1 Å². The summed E-state index contributed by atoms with van der Waals surface area (Å²) in [6.07, 6.45) is 0. The molecule has 27 heavy (non-hydrogen) atoms. The smallest absolute Gasteiger partial charge is 0.338 e. The highest BCUT2D eigenvalue weighted by molar-refractivity contribution is 5.99. The molecule has 0 bridgehead atoms. The van der Waals surface area contributed by atoms with Crippen LogP contribution < -0.4 is 16.0 Å². The highest BCUT2D eigenvalue weighted by Crippen LogP contribution is 2.22. The molecule has 3 aromatic rings. The van der Waals surface area contributed by atoms with E-state index < -0.39 is 17.2 Å². The minimum atomic E-state index is -0.555. The Labute approximate surface area is 155 Å². The van der Waals surface area contributed by atoms with E-state index in [4.69, 9.17) is 9.47 Å². The van der Waals surface area contributed by atoms with Crippen molar-refractivity contribution in [3.63, 3.8) is 0 Å². The minimum absolute atomic E-state index is 0.234. The zero-order valence-corrected chi connectivity index (χ0v) is 15.6. The number of fused-ring (bicyclic) bond motifs is 1. The number of benzene rings is 2. The van der Waals surface area contributed by atoms with E-state index in [2.05, 4.69) is 4.98 Å². The first-order chi connectivity index (χ1) is 12.9. The normalized spacial score (nSPS) is 10.8. The Morgan fingerprint density at radius 2 is 1.81 bits per heavy atom. The highest BCUT2D eigenvalue weighted by atomic mass is 16.5. The molecule has 140 valence electrons. The first-order valence-electron chi connectivity index (χ1n) is 8.49. The van der Waals surface area contributed by atoms with E-state index in [0.29, 0.717) is 33.6 Å². The number of aromatic nitrogens is 2. The molecule has 0 atom stereocenters. The van der Waals surface area contributed by atoms with Gasteiger partial charge in [-0.3, -0.25) is 4.79 Å². The summed E-state index contributed by atoms with van der Waals surface area (Å²) in [5, 5.41) is 0.277. The maximum atomic E-state index is 13.1. The molecule has 0 amide bonds. The van der Waals surface area contributed by atoms with Crippen LogP contribution in [0.2, 0.25) is 0 Å². The number of ether oxygens (including phenoxy) is 2. The monoisotopic (exact) mass is 368 g/mol. The fourth-order valence-corrected chi connectivity index (χ4v) is 3.22. The lowest BCUT2D eigenvalue weighted by atomic mass is 9.98. The molecule has 0 unspecified atom stereocenters. The molecule has 1 N–H and O–H groups in total. The number of H-pyrrole nitrogens is 1. The molecule has 0 aliphatic heterocycles. The van der Waals surface area contributed by atoms with Gasteiger partial charge in [0.15, 0.2) is 0 Å². The van der Waals surface area contributed by atoms with Crippen LogP contribution in [0.25, 0.3) is 16.6 Å². The average Bonchev–Trinajstić information content (AvgIpc) is 2.61. The summed E-state index contributed by atoms with van der Waals surface area (Å²) in [6, 6.07) is 8.19. The van der Waals surface area contributed by atoms with Gasteiger partial charge in [-0.2, -0.15) is 0 Å². The van der Waals surface area contributed by atoms with Crippen molar-refractivity contribution < 1.29 is 14.3 Å². The van der Waals surface area contributed by atoms with Crippen LogP contribution >= 0.6 is 0 Å². The lowest BCUT2D eigenvalue weighted by Crippen LogP contribution is -2.34. The van der Waals surface area contributed by atoms with E-state index in [9.17, 15) is 14.4 Å². The topological polar surface area (TPSA) is 90.4 Å². The van der Waals surface area contributed by atoms with E-state index in [-0.39, 0.29) is 12.0 Å². The van der Waals surface area contributed by atoms with Crippen LogP contribution in [0.5, 0.6) is 5.75 Å². The lowest BCUT2D eigenvalue weighted by Gasteiger charge is -2.13. The third-order valence-electron chi connectivity index (χ3n) is 4.45. The number of carbonyl (C=O) groups is 1. The Hall–Kier alpha value is -3.35. The summed E-state index contributed by atoms with van der Waals surface area (Å²) >= 11 is 0. The molecule has 0 aliphatic carbocycles. The first-order valence-corrected chi connectivity index (χ1v) is 8.49. The fraction of sp³-hybridized carbons (Fsp3) is 0.250. The molecule has 0 spiro atoms. The first kappa shape index (κ1) is 18.4. The van der Waals surface area contributed by atoms with Crippen LogP contribution in [0.4, 0.5) is 0 Å². The Bertz CT molecular complexity index is 1140. The lowest BCUT2D eigenvalue weighted by molar-refractivity contribution is 0.0525. The van der Waals surface area contributed by atoms with Crippen molar-refractivity contribution >= 4 is 16.9 Å². The van der Waals surface area contributed by atoms with Gasteiger partial charge >= 0.3 is 11.7 Å². The van der Waals surface area contributed by atoms with Gasteiger partial charge in [-0.05, 0) is 62.2 Å². The number of rotatable bonds is 4. The number of hydrogen-bond donors (Lipinski definition) is 1. The molecule has 7 heteroatoms. The van der Waals surface area contributed by atoms with Crippen LogP contribution in [0.3, 0.4) is 0 Å². The molecule has 3 rings (SSSR count). The van der Waals surface area contributed by atoms with Gasteiger partial charge < -0.3 is 14.5 Å². The quantitative estimate of drug-likeness (QED) is 0.715. The molecule has 0 saturated carbocycles. The van der Waals surface area contributed by atoms with Gasteiger partial charge in [0, 0.05) is 0 Å². The summed E-state index contributed by atoms with van der Waals surface area (Å²) in [5.74, 6) is 0.122. The molecular weight excluding hydrogens is 348 g/mol. The van der Waals surface area contributed by atoms with Crippen molar-refractivity contribution in [1.29, 1.82) is 0 Å². The fourth-order valence-electron chi connectivity index (χ4n) is 3.22. The van der Waals surface area contributed by atoms with Crippen molar-refractivity contribution in [3.8, 4) is 11.4 Å². The van der Waals surface area contributed by atoms with Crippen LogP contribution in [0, 0.1) is 13.8 Å². The molecule has 1 heterocycles. The predicted molar refractivity (Wildman–Crippen MR) is 102 cm³/mol. The van der Waals surface area contributed by atoms with Crippen molar-refractivity contribution in [1.82, 2.24) is 9.55 Å². The van der Waals surface area contributed by atoms with Crippen molar-refractivity contribution in [3.05, 3.63) is 67.9 Å². The Kier molecular flexibility index (Phi) is 4.85. The Balaban J connectivity index is 2.33. The average molecular weight is 368 g/mol. The molecule has 0 aliphatic rings. The molecule has 0 radical (unpaired) electrons. The summed E-state index contributed by atoms with van der Waals surface area (Å²) in [5.41, 5.74) is 1.19. The van der Waals surface area contributed by atoms with E-state index in [0.717, 1.165) is 4.57 Å². The molecule has 1 aromatic heterocycles. The number of nitrogens with zero attached hydrogens (tertiary/aromatic N) is 1. The molecule has 2 aromatic carbocycles.